The number of amides is 1. The van der Waals surface area contributed by atoms with Gasteiger partial charge in [-0.25, -0.2) is 9.97 Å². The number of nitrogens with one attached hydrogen (secondary N) is 1. The summed E-state index contributed by atoms with van der Waals surface area (Å²) in [4.78, 5) is 31.6. The molecule has 0 aliphatic carbocycles. The van der Waals surface area contributed by atoms with Gasteiger partial charge in [0, 0.05) is 11.3 Å². The molecule has 6 nitrogen and oxygen atoms in total. The number of hydrogen-bond donors (Lipinski definition) is 1. The summed E-state index contributed by atoms with van der Waals surface area (Å²) < 4.78 is 0. The fraction of sp³-hybridized carbons (Fsp3) is 0.235. The maximum Gasteiger partial charge on any atom is 0.234 e. The molecule has 0 radical (unpaired) electrons. The van der Waals surface area contributed by atoms with E-state index in [1.54, 1.807) is 38.1 Å². The van der Waals surface area contributed by atoms with Crippen molar-refractivity contribution in [2.24, 2.45) is 0 Å². The van der Waals surface area contributed by atoms with Gasteiger partial charge in [-0.1, -0.05) is 11.8 Å². The van der Waals surface area contributed by atoms with Gasteiger partial charge >= 0.3 is 0 Å². The highest BCUT2D eigenvalue weighted by Crippen LogP contribution is 2.22. The number of aryl methyl sites for hydroxylation is 2. The fourth-order valence-electron chi connectivity index (χ4n) is 2.03. The number of Topliss-reactive ketones (excluding diaryl/α,β-unsaturated/α-hetero) is 1. The summed E-state index contributed by atoms with van der Waals surface area (Å²) in [7, 11) is 0. The molecule has 2 aromatic rings. The third-order valence-electron chi connectivity index (χ3n) is 3.20. The summed E-state index contributed by atoms with van der Waals surface area (Å²) in [5.41, 5.74) is 2.20. The molecule has 0 unspecified atom stereocenters. The Labute approximate surface area is 144 Å². The van der Waals surface area contributed by atoms with E-state index in [0.717, 1.165) is 0 Å². The van der Waals surface area contributed by atoms with E-state index in [4.69, 9.17) is 0 Å². The average Bonchev–Trinajstić information content (AvgIpc) is 2.53. The second-order valence-electron chi connectivity index (χ2n) is 5.12. The minimum atomic E-state index is -0.214. The van der Waals surface area contributed by atoms with Crippen LogP contribution in [0.2, 0.25) is 0 Å². The van der Waals surface area contributed by atoms with E-state index >= 15 is 0 Å². The summed E-state index contributed by atoms with van der Waals surface area (Å²) in [6, 6.07) is 8.76. The lowest BCUT2D eigenvalue weighted by atomic mass is 10.1. The summed E-state index contributed by atoms with van der Waals surface area (Å²) >= 11 is 1.20. The lowest BCUT2D eigenvalue weighted by Gasteiger charge is -2.08. The monoisotopic (exact) mass is 340 g/mol. The molecule has 0 spiro atoms. The van der Waals surface area contributed by atoms with Crippen molar-refractivity contribution in [3.63, 3.8) is 0 Å². The third-order valence-corrected chi connectivity index (χ3v) is 4.17. The van der Waals surface area contributed by atoms with Crippen molar-refractivity contribution >= 4 is 29.1 Å². The quantitative estimate of drug-likeness (QED) is 0.511. The molecule has 122 valence electrons. The number of carbonyl (C=O) groups excluding carboxylic acids is 2. The van der Waals surface area contributed by atoms with Gasteiger partial charge in [-0.3, -0.25) is 9.59 Å². The summed E-state index contributed by atoms with van der Waals surface area (Å²) in [5, 5.41) is 12.4. The van der Waals surface area contributed by atoms with Gasteiger partial charge in [-0.2, -0.15) is 5.26 Å². The normalized spacial score (nSPS) is 10.1. The van der Waals surface area contributed by atoms with Crippen LogP contribution in [0.4, 0.5) is 5.69 Å². The summed E-state index contributed by atoms with van der Waals surface area (Å²) in [6.45, 7) is 4.98. The summed E-state index contributed by atoms with van der Waals surface area (Å²) in [6.07, 6.45) is 0. The van der Waals surface area contributed by atoms with Crippen molar-refractivity contribution in [1.82, 2.24) is 9.97 Å². The number of benzene rings is 1. The lowest BCUT2D eigenvalue weighted by Crippen LogP contribution is -2.14. The predicted octanol–water partition coefficient (Wildman–Crippen LogP) is 2.90. The Morgan fingerprint density at radius 3 is 2.46 bits per heavy atom. The van der Waals surface area contributed by atoms with Crippen molar-refractivity contribution in [2.75, 3.05) is 11.1 Å². The van der Waals surface area contributed by atoms with Crippen molar-refractivity contribution < 1.29 is 9.59 Å². The topological polar surface area (TPSA) is 95.7 Å². The second kappa shape index (κ2) is 7.70. The van der Waals surface area contributed by atoms with Gasteiger partial charge in [0.1, 0.15) is 22.5 Å². The van der Waals surface area contributed by atoms with Crippen molar-refractivity contribution in [3.05, 3.63) is 46.9 Å². The van der Waals surface area contributed by atoms with E-state index in [2.05, 4.69) is 21.4 Å². The average molecular weight is 340 g/mol. The Kier molecular flexibility index (Phi) is 5.66. The summed E-state index contributed by atoms with van der Waals surface area (Å²) in [5.74, 6) is 0.448. The molecule has 0 aliphatic rings. The number of nitriles is 1. The SMILES string of the molecule is CC(=O)c1ccc(NC(=O)CSc2nc(C)nc(C)c2C#N)cc1. The molecule has 2 rings (SSSR count). The molecule has 0 saturated carbocycles. The first kappa shape index (κ1) is 17.6. The number of anilines is 1. The van der Waals surface area contributed by atoms with E-state index in [1.807, 2.05) is 0 Å². The van der Waals surface area contributed by atoms with Crippen LogP contribution >= 0.6 is 11.8 Å². The van der Waals surface area contributed by atoms with E-state index in [9.17, 15) is 14.9 Å². The van der Waals surface area contributed by atoms with Crippen LogP contribution < -0.4 is 5.32 Å². The van der Waals surface area contributed by atoms with Crippen LogP contribution in [0.5, 0.6) is 0 Å². The first-order valence-electron chi connectivity index (χ1n) is 7.19. The molecule has 0 fully saturated rings. The van der Waals surface area contributed by atoms with Gasteiger partial charge in [0.15, 0.2) is 5.78 Å². The molecule has 0 saturated heterocycles. The Morgan fingerprint density at radius 2 is 1.88 bits per heavy atom. The van der Waals surface area contributed by atoms with Crippen LogP contribution in [-0.4, -0.2) is 27.4 Å². The molecule has 0 bridgehead atoms. The van der Waals surface area contributed by atoms with Crippen LogP contribution in [0.15, 0.2) is 29.3 Å². The van der Waals surface area contributed by atoms with Crippen molar-refractivity contribution in [1.29, 1.82) is 5.26 Å². The van der Waals surface area contributed by atoms with Gasteiger partial charge < -0.3 is 5.32 Å². The van der Waals surface area contributed by atoms with Crippen LogP contribution in [0, 0.1) is 25.2 Å². The Bertz CT molecular complexity index is 826. The maximum absolute atomic E-state index is 12.0. The molecule has 1 amide bonds. The van der Waals surface area contributed by atoms with E-state index in [-0.39, 0.29) is 17.4 Å². The molecular weight excluding hydrogens is 324 g/mol. The zero-order valence-electron chi connectivity index (χ0n) is 13.6. The van der Waals surface area contributed by atoms with Gasteiger partial charge in [-0.05, 0) is 45.0 Å². The molecular formula is C17H16N4O2S. The van der Waals surface area contributed by atoms with Crippen molar-refractivity contribution in [2.45, 2.75) is 25.8 Å². The molecule has 0 atom stereocenters. The number of carbonyl (C=O) groups is 2. The lowest BCUT2D eigenvalue weighted by molar-refractivity contribution is -0.113. The smallest absolute Gasteiger partial charge is 0.234 e. The highest BCUT2D eigenvalue weighted by atomic mass is 32.2. The van der Waals surface area contributed by atoms with Crippen LogP contribution in [0.25, 0.3) is 0 Å². The molecule has 1 aromatic heterocycles. The Morgan fingerprint density at radius 1 is 1.21 bits per heavy atom. The molecule has 1 N–H and O–H groups in total. The van der Waals surface area contributed by atoms with Crippen LogP contribution in [0.3, 0.4) is 0 Å². The number of nitrogens with zero attached hydrogens (tertiary/aromatic N) is 3. The van der Waals surface area contributed by atoms with E-state index < -0.39 is 0 Å². The number of hydrogen-bond acceptors (Lipinski definition) is 6. The largest absolute Gasteiger partial charge is 0.325 e. The Balaban J connectivity index is 2.01. The third kappa shape index (κ3) is 4.40. The van der Waals surface area contributed by atoms with Gasteiger partial charge in [-0.15, -0.1) is 0 Å². The zero-order valence-corrected chi connectivity index (χ0v) is 14.4. The minimum Gasteiger partial charge on any atom is -0.325 e. The van der Waals surface area contributed by atoms with Crippen molar-refractivity contribution in [3.8, 4) is 6.07 Å². The van der Waals surface area contributed by atoms with Gasteiger partial charge in [0.25, 0.3) is 0 Å². The number of aromatic nitrogens is 2. The first-order chi connectivity index (χ1) is 11.4. The number of rotatable bonds is 5. The zero-order chi connectivity index (χ0) is 17.7. The second-order valence-corrected chi connectivity index (χ2v) is 6.08. The molecule has 0 aliphatic heterocycles. The Hall–Kier alpha value is -2.72. The fourth-order valence-corrected chi connectivity index (χ4v) is 2.91. The molecule has 1 aromatic carbocycles. The molecule has 24 heavy (non-hydrogen) atoms. The minimum absolute atomic E-state index is 0.0260. The highest BCUT2D eigenvalue weighted by molar-refractivity contribution is 8.00. The van der Waals surface area contributed by atoms with E-state index in [0.29, 0.717) is 33.4 Å². The maximum atomic E-state index is 12.0. The molecule has 1 heterocycles. The predicted molar refractivity (Wildman–Crippen MR) is 92.0 cm³/mol. The van der Waals surface area contributed by atoms with Crippen LogP contribution in [-0.2, 0) is 4.79 Å². The number of thioether (sulfide) groups is 1. The van der Waals surface area contributed by atoms with Crippen LogP contribution in [0.1, 0.15) is 34.4 Å². The van der Waals surface area contributed by atoms with Gasteiger partial charge in [0.2, 0.25) is 5.91 Å². The van der Waals surface area contributed by atoms with E-state index in [1.165, 1.54) is 18.7 Å². The highest BCUT2D eigenvalue weighted by Gasteiger charge is 2.12. The van der Waals surface area contributed by atoms with Gasteiger partial charge in [0.05, 0.1) is 11.4 Å². The first-order valence-corrected chi connectivity index (χ1v) is 8.18. The molecule has 7 heteroatoms. The standard InChI is InChI=1S/C17H16N4O2S/c1-10-15(8-18)17(20-12(3)19-10)24-9-16(23)21-14-6-4-13(5-7-14)11(2)22/h4-7H,9H2,1-3H3,(H,21,23). The number of ketones is 1.